The van der Waals surface area contributed by atoms with Crippen molar-refractivity contribution in [3.05, 3.63) is 231 Å². The van der Waals surface area contributed by atoms with Crippen LogP contribution in [0.1, 0.15) is 341 Å². The monoisotopic (exact) mass is 2220 g/mol. The maximum atomic E-state index is 11.5. The van der Waals surface area contributed by atoms with Gasteiger partial charge in [-0.2, -0.15) is 0 Å². The number of allylic oxidation sites excluding steroid dienone is 6. The summed E-state index contributed by atoms with van der Waals surface area (Å²) < 4.78 is 0. The number of aliphatic hydroxyl groups excluding tert-OH is 3. The number of nitrogens with zero attached hydrogens (tertiary/aromatic N) is 3. The molecule has 124 heavy (non-hydrogen) atoms. The van der Waals surface area contributed by atoms with Crippen molar-refractivity contribution in [1.82, 2.24) is 15.0 Å². The summed E-state index contributed by atoms with van der Waals surface area (Å²) in [6, 6.07) is 57.0. The molecule has 6 aromatic carbocycles. The van der Waals surface area contributed by atoms with Gasteiger partial charge < -0.3 is 15.3 Å². The van der Waals surface area contributed by atoms with E-state index in [2.05, 4.69) is 263 Å². The minimum absolute atomic E-state index is 0. The van der Waals surface area contributed by atoms with Crippen LogP contribution in [-0.4, -0.2) is 47.6 Å². The Balaban J connectivity index is 0.000000396. The van der Waals surface area contributed by atoms with Crippen LogP contribution in [0.25, 0.3) is 66.5 Å². The average molecular weight is 2220 g/mol. The molecule has 0 aliphatic heterocycles. The molecule has 2 aliphatic rings. The van der Waals surface area contributed by atoms with Crippen molar-refractivity contribution >= 4 is 50.1 Å². The summed E-state index contributed by atoms with van der Waals surface area (Å²) in [5.41, 5.74) is 19.5. The van der Waals surface area contributed by atoms with Crippen LogP contribution in [0.5, 0.6) is 0 Å². The fraction of sp³-hybridized carbons (Fsp3) is 0.518. The largest absolute Gasteiger partial charge is 0.512 e. The van der Waals surface area contributed by atoms with Crippen LogP contribution in [-0.2, 0) is 96.4 Å². The number of hydrogen-bond donors (Lipinski definition) is 3. The van der Waals surface area contributed by atoms with Crippen molar-refractivity contribution in [3.63, 3.8) is 0 Å². The van der Waals surface area contributed by atoms with Crippen LogP contribution >= 0.6 is 0 Å². The predicted molar refractivity (Wildman–Crippen MR) is 516 cm³/mol. The summed E-state index contributed by atoms with van der Waals surface area (Å²) in [6.45, 7) is 71.6. The van der Waals surface area contributed by atoms with E-state index in [9.17, 15) is 29.7 Å². The Hall–Kier alpha value is -6.87. The summed E-state index contributed by atoms with van der Waals surface area (Å²) in [4.78, 5) is 49.5. The fourth-order valence-electron chi connectivity index (χ4n) is 14.5. The van der Waals surface area contributed by atoms with Crippen molar-refractivity contribution in [3.8, 4) is 33.8 Å². The van der Waals surface area contributed by atoms with Crippen LogP contribution in [0.3, 0.4) is 0 Å². The molecule has 0 amide bonds. The van der Waals surface area contributed by atoms with Gasteiger partial charge in [0.15, 0.2) is 17.3 Å². The van der Waals surface area contributed by atoms with Gasteiger partial charge >= 0.3 is 0 Å². The van der Waals surface area contributed by atoms with E-state index in [-0.39, 0.29) is 133 Å². The second-order valence-corrected chi connectivity index (χ2v) is 44.9. The number of benzene rings is 6. The number of rotatable bonds is 10. The average Bonchev–Trinajstić information content (AvgIpc) is 0.929. The Morgan fingerprint density at radius 3 is 0.831 bits per heavy atom. The predicted octanol–water partition coefficient (Wildman–Crippen LogP) is 31.5. The van der Waals surface area contributed by atoms with E-state index in [1.807, 2.05) is 125 Å². The topological polar surface area (TPSA) is 151 Å². The third-order valence-corrected chi connectivity index (χ3v) is 23.3. The molecule has 12 heteroatoms. The van der Waals surface area contributed by atoms with E-state index >= 15 is 0 Å². The molecule has 2 fully saturated rings. The van der Waals surface area contributed by atoms with Gasteiger partial charge in [-0.05, 0) is 123 Å². The number of hydrogen-bond acceptors (Lipinski definition) is 9. The van der Waals surface area contributed by atoms with E-state index in [4.69, 9.17) is 15.0 Å². The van der Waals surface area contributed by atoms with Gasteiger partial charge in [-0.25, -0.2) is 0 Å². The minimum atomic E-state index is -0.417. The van der Waals surface area contributed by atoms with Crippen LogP contribution in [0, 0.1) is 83.3 Å². The standard InChI is InChI=1S/C28H34N.C27H32N.C24H28N.3C11H20O2.3Ir/c1-19-16-22(18-23(17-19)28(3,4)5)26-15-14-25-24(12-9-13-27(25)29-26)20(2)21-10-7-6-8-11-21;1-18-15-21(17-22(16-18)27(3,4)5)25-14-13-24-23(11-8-12-26(24)28-25)19(2)20-9-6-7-10-20;1-16-13-17(15-18(14-16)23(2,3)4)21-12-11-19-20(24(5,6)7)9-8-10-22(19)25-21;3*1-10(2,3)8(12)7-9(13)11(4,5)6;;;/h9,12-15,17-18,20-21H,6-8,10-11H2,1-5H3;8,11-14,16-17,19-20H,6-7,9-10H2,1-5H3;8-12,14-15H,1-7H3;3*7,12H,1-6H3;;;/q3*-1;;;;;;. The molecular weight excluding hydrogens is 2060 g/mol. The van der Waals surface area contributed by atoms with Crippen LogP contribution in [0.4, 0.5) is 0 Å². The third-order valence-electron chi connectivity index (χ3n) is 23.3. The number of aliphatic hydroxyl groups is 3. The van der Waals surface area contributed by atoms with Crippen molar-refractivity contribution in [2.75, 3.05) is 0 Å². The van der Waals surface area contributed by atoms with Crippen molar-refractivity contribution in [2.45, 2.75) is 334 Å². The SMILES string of the molecule is CC(C)(C)C(=O)C=C(O)C(C)(C)C.CC(C)(C)C(=O)C=C(O)C(C)(C)C.CC(C)(C)C(=O)C=C(O)C(C)(C)C.Cc1[c-]c(-c2ccc3c(C(C)(C)C)cccc3n2)cc(C(C)(C)C)c1.Cc1[c-]c(-c2ccc3c(C(C)C4CCCC4)cccc3n2)cc(C(C)(C)C)c1.Cc1[c-]c(-c2ccc3c(C(C)C4CCCCC4)cccc3n2)cc(C(C)(C)C)c1.[Ir].[Ir].[Ir]. The number of carbonyl (C=O) groups excluding carboxylic acids is 3. The first-order chi connectivity index (χ1) is 55.4. The van der Waals surface area contributed by atoms with Crippen molar-refractivity contribution in [2.24, 2.45) is 44.3 Å². The summed E-state index contributed by atoms with van der Waals surface area (Å²) in [5.74, 6) is 3.16. The van der Waals surface area contributed by atoms with Crippen LogP contribution in [0.2, 0.25) is 0 Å². The van der Waals surface area contributed by atoms with Crippen LogP contribution in [0.15, 0.2) is 163 Å². The summed E-state index contributed by atoms with van der Waals surface area (Å²) in [7, 11) is 0. The molecule has 2 saturated carbocycles. The first-order valence-corrected chi connectivity index (χ1v) is 44.6. The Bertz CT molecular complexity index is 5020. The van der Waals surface area contributed by atoms with Gasteiger partial charge in [0.1, 0.15) is 17.3 Å². The van der Waals surface area contributed by atoms with Gasteiger partial charge in [0.05, 0.1) is 16.6 Å². The maximum Gasteiger partial charge on any atom is 0.164 e. The Morgan fingerprint density at radius 2 is 0.581 bits per heavy atom. The summed E-state index contributed by atoms with van der Waals surface area (Å²) >= 11 is 0. The van der Waals surface area contributed by atoms with Crippen molar-refractivity contribution < 1.29 is 90.0 Å². The number of ketones is 3. The molecule has 2 aliphatic carbocycles. The number of pyridine rings is 3. The van der Waals surface area contributed by atoms with E-state index in [1.54, 1.807) is 0 Å². The number of aryl methyl sites for hydroxylation is 3. The Kier molecular flexibility index (Phi) is 40.3. The first kappa shape index (κ1) is 111. The summed E-state index contributed by atoms with van der Waals surface area (Å²) in [6.07, 6.45) is 16.5. The molecule has 3 heterocycles. The molecule has 2 atom stereocenters. The Morgan fingerprint density at radius 1 is 0.331 bits per heavy atom. The van der Waals surface area contributed by atoms with Gasteiger partial charge in [-0.15, -0.1) is 105 Å². The molecule has 0 saturated heterocycles. The van der Waals surface area contributed by atoms with Crippen LogP contribution < -0.4 is 0 Å². The minimum Gasteiger partial charge on any atom is -0.512 e. The molecule has 9 aromatic rings. The van der Waals surface area contributed by atoms with Gasteiger partial charge in [0, 0.05) is 127 Å². The normalized spacial score (nSPS) is 14.8. The second-order valence-electron chi connectivity index (χ2n) is 44.9. The smallest absolute Gasteiger partial charge is 0.164 e. The first-order valence-electron chi connectivity index (χ1n) is 44.6. The molecular formula is C112H154Ir3N3O6-3. The number of carbonyl (C=O) groups is 3. The second kappa shape index (κ2) is 44.9. The molecule has 3 aromatic heterocycles. The zero-order valence-electron chi connectivity index (χ0n) is 82.4. The van der Waals surface area contributed by atoms with Gasteiger partial charge in [0.25, 0.3) is 0 Å². The van der Waals surface area contributed by atoms with E-state index in [0.717, 1.165) is 67.7 Å². The molecule has 3 radical (unpaired) electrons. The molecule has 683 valence electrons. The molecule has 0 spiro atoms. The zero-order chi connectivity index (χ0) is 91.5. The molecule has 11 rings (SSSR count). The quantitative estimate of drug-likeness (QED) is 0.0691. The van der Waals surface area contributed by atoms with Gasteiger partial charge in [0.2, 0.25) is 0 Å². The van der Waals surface area contributed by atoms with E-state index in [1.165, 1.54) is 137 Å². The molecule has 9 nitrogen and oxygen atoms in total. The molecule has 0 bridgehead atoms. The third kappa shape index (κ3) is 33.0. The Labute approximate surface area is 791 Å². The van der Waals surface area contributed by atoms with Gasteiger partial charge in [-0.3, -0.25) is 29.3 Å². The zero-order valence-corrected chi connectivity index (χ0v) is 89.6. The van der Waals surface area contributed by atoms with E-state index < -0.39 is 16.2 Å². The molecule has 3 N–H and O–H groups in total. The maximum absolute atomic E-state index is 11.5. The summed E-state index contributed by atoms with van der Waals surface area (Å²) in [5, 5.41) is 32.5. The van der Waals surface area contributed by atoms with Crippen molar-refractivity contribution in [1.29, 1.82) is 0 Å². The molecule has 2 unspecified atom stereocenters. The van der Waals surface area contributed by atoms with Gasteiger partial charge in [-0.1, -0.05) is 347 Å². The van der Waals surface area contributed by atoms with E-state index in [0.29, 0.717) is 11.8 Å². The fourth-order valence-corrected chi connectivity index (χ4v) is 14.5. The number of aromatic nitrogens is 3. The number of fused-ring (bicyclic) bond motifs is 3.